The summed E-state index contributed by atoms with van der Waals surface area (Å²) in [6.07, 6.45) is 1.90. The second-order valence-electron chi connectivity index (χ2n) is 3.52. The van der Waals surface area contributed by atoms with Gasteiger partial charge in [0, 0.05) is 0 Å². The Morgan fingerprint density at radius 1 is 1.25 bits per heavy atom. The van der Waals surface area contributed by atoms with Gasteiger partial charge < -0.3 is 5.11 Å². The average molecular weight is 160 g/mol. The first kappa shape index (κ1) is 7.56. The predicted octanol–water partition coefficient (Wildman–Crippen LogP) is 2.31. The fraction of sp³-hybridized carbons (Fsp3) is 0.273. The molecule has 1 aliphatic rings. The van der Waals surface area contributed by atoms with Gasteiger partial charge in [-0.25, -0.2) is 0 Å². The molecule has 0 aliphatic heterocycles. The number of fused-ring (bicyclic) bond motifs is 1. The highest BCUT2D eigenvalue weighted by atomic mass is 16.3. The van der Waals surface area contributed by atoms with Crippen LogP contribution in [0.3, 0.4) is 0 Å². The lowest BCUT2D eigenvalue weighted by molar-refractivity contribution is 0.115. The summed E-state index contributed by atoms with van der Waals surface area (Å²) in [5.74, 6) is 0. The second-order valence-corrected chi connectivity index (χ2v) is 3.52. The molecule has 0 aromatic heterocycles. The van der Waals surface area contributed by atoms with E-state index in [-0.39, 0.29) is 0 Å². The molecule has 0 bridgehead atoms. The zero-order valence-electron chi connectivity index (χ0n) is 7.33. The van der Waals surface area contributed by atoms with Gasteiger partial charge >= 0.3 is 0 Å². The number of aliphatic hydroxyl groups is 1. The van der Waals surface area contributed by atoms with Crippen molar-refractivity contribution in [1.29, 1.82) is 0 Å². The van der Waals surface area contributed by atoms with Crippen molar-refractivity contribution in [3.63, 3.8) is 0 Å². The van der Waals surface area contributed by atoms with E-state index in [1.807, 2.05) is 44.2 Å². The maximum absolute atomic E-state index is 9.94. The van der Waals surface area contributed by atoms with Crippen LogP contribution in [0.25, 0.3) is 5.57 Å². The molecule has 12 heavy (non-hydrogen) atoms. The Hall–Kier alpha value is -1.08. The number of benzene rings is 1. The zero-order chi connectivity index (χ0) is 8.77. The normalized spacial score (nSPS) is 26.8. The van der Waals surface area contributed by atoms with E-state index in [0.29, 0.717) is 0 Å². The van der Waals surface area contributed by atoms with Gasteiger partial charge in [-0.3, -0.25) is 0 Å². The Balaban J connectivity index is 2.68. The van der Waals surface area contributed by atoms with Gasteiger partial charge in [0.1, 0.15) is 5.60 Å². The van der Waals surface area contributed by atoms with Crippen molar-refractivity contribution >= 4 is 5.57 Å². The topological polar surface area (TPSA) is 20.2 Å². The van der Waals surface area contributed by atoms with Gasteiger partial charge in [0.15, 0.2) is 0 Å². The number of allylic oxidation sites excluding steroid dienone is 1. The number of hydrogen-bond acceptors (Lipinski definition) is 1. The molecule has 1 heteroatoms. The summed E-state index contributed by atoms with van der Waals surface area (Å²) in [5, 5.41) is 9.94. The van der Waals surface area contributed by atoms with Crippen LogP contribution in [0, 0.1) is 0 Å². The van der Waals surface area contributed by atoms with Crippen LogP contribution < -0.4 is 0 Å². The van der Waals surface area contributed by atoms with Crippen molar-refractivity contribution in [3.8, 4) is 0 Å². The smallest absolute Gasteiger partial charge is 0.106 e. The average Bonchev–Trinajstić information content (AvgIpc) is 2.25. The van der Waals surface area contributed by atoms with Crippen molar-refractivity contribution in [3.05, 3.63) is 41.5 Å². The highest BCUT2D eigenvalue weighted by Gasteiger charge is 2.29. The van der Waals surface area contributed by atoms with Crippen LogP contribution in [0.4, 0.5) is 0 Å². The van der Waals surface area contributed by atoms with Crippen LogP contribution in [0.15, 0.2) is 30.3 Å². The fourth-order valence-corrected chi connectivity index (χ4v) is 1.85. The summed E-state index contributed by atoms with van der Waals surface area (Å²) in [6, 6.07) is 7.97. The highest BCUT2D eigenvalue weighted by molar-refractivity contribution is 5.74. The van der Waals surface area contributed by atoms with Gasteiger partial charge in [-0.05, 0) is 36.6 Å². The third-order valence-electron chi connectivity index (χ3n) is 2.39. The largest absolute Gasteiger partial charge is 0.381 e. The lowest BCUT2D eigenvalue weighted by atomic mass is 9.98. The van der Waals surface area contributed by atoms with E-state index in [9.17, 15) is 5.11 Å². The van der Waals surface area contributed by atoms with Crippen molar-refractivity contribution in [2.75, 3.05) is 0 Å². The first-order chi connectivity index (χ1) is 5.61. The summed E-state index contributed by atoms with van der Waals surface area (Å²) >= 11 is 0. The zero-order valence-corrected chi connectivity index (χ0v) is 7.33. The van der Waals surface area contributed by atoms with E-state index in [4.69, 9.17) is 0 Å². The lowest BCUT2D eigenvalue weighted by Gasteiger charge is -2.15. The quantitative estimate of drug-likeness (QED) is 0.617. The summed E-state index contributed by atoms with van der Waals surface area (Å²) < 4.78 is 0. The molecule has 1 unspecified atom stereocenters. The molecule has 0 saturated carbocycles. The van der Waals surface area contributed by atoms with Gasteiger partial charge in [0.2, 0.25) is 0 Å². The van der Waals surface area contributed by atoms with E-state index in [2.05, 4.69) is 0 Å². The van der Waals surface area contributed by atoms with E-state index < -0.39 is 5.60 Å². The summed E-state index contributed by atoms with van der Waals surface area (Å²) in [5.41, 5.74) is 2.58. The summed E-state index contributed by atoms with van der Waals surface area (Å²) in [6.45, 7) is 3.85. The van der Waals surface area contributed by atoms with Crippen molar-refractivity contribution in [2.45, 2.75) is 19.4 Å². The minimum absolute atomic E-state index is 0.763. The van der Waals surface area contributed by atoms with Gasteiger partial charge in [-0.2, -0.15) is 0 Å². The summed E-state index contributed by atoms with van der Waals surface area (Å²) in [7, 11) is 0. The molecule has 1 atom stereocenters. The van der Waals surface area contributed by atoms with E-state index in [0.717, 1.165) is 11.1 Å². The molecule has 1 aliphatic carbocycles. The molecule has 0 fully saturated rings. The van der Waals surface area contributed by atoms with E-state index >= 15 is 0 Å². The fourth-order valence-electron chi connectivity index (χ4n) is 1.85. The van der Waals surface area contributed by atoms with E-state index in [1.165, 1.54) is 5.56 Å². The maximum Gasteiger partial charge on any atom is 0.106 e. The lowest BCUT2D eigenvalue weighted by Crippen LogP contribution is -2.14. The van der Waals surface area contributed by atoms with Gasteiger partial charge in [-0.15, -0.1) is 0 Å². The van der Waals surface area contributed by atoms with Crippen molar-refractivity contribution in [2.24, 2.45) is 0 Å². The number of rotatable bonds is 0. The van der Waals surface area contributed by atoms with Gasteiger partial charge in [0.05, 0.1) is 0 Å². The number of hydrogen-bond donors (Lipinski definition) is 1. The predicted molar refractivity (Wildman–Crippen MR) is 49.7 cm³/mol. The third-order valence-corrected chi connectivity index (χ3v) is 2.39. The molecule has 0 saturated heterocycles. The van der Waals surface area contributed by atoms with Crippen molar-refractivity contribution in [1.82, 2.24) is 0 Å². The third kappa shape index (κ3) is 0.901. The molecule has 0 heterocycles. The van der Waals surface area contributed by atoms with Crippen molar-refractivity contribution < 1.29 is 5.11 Å². The van der Waals surface area contributed by atoms with Gasteiger partial charge in [-0.1, -0.05) is 24.3 Å². The van der Waals surface area contributed by atoms with Crippen LogP contribution in [-0.2, 0) is 5.60 Å². The minimum Gasteiger partial charge on any atom is -0.381 e. The molecular formula is C11H12O. The van der Waals surface area contributed by atoms with Crippen LogP contribution in [0.2, 0.25) is 0 Å². The Labute approximate surface area is 72.4 Å². The van der Waals surface area contributed by atoms with Crippen LogP contribution in [0.1, 0.15) is 25.0 Å². The minimum atomic E-state index is -0.763. The maximum atomic E-state index is 9.94. The van der Waals surface area contributed by atoms with Crippen LogP contribution in [-0.4, -0.2) is 5.11 Å². The van der Waals surface area contributed by atoms with Crippen LogP contribution >= 0.6 is 0 Å². The summed E-state index contributed by atoms with van der Waals surface area (Å²) in [4.78, 5) is 0. The van der Waals surface area contributed by atoms with Crippen LogP contribution in [0.5, 0.6) is 0 Å². The first-order valence-corrected chi connectivity index (χ1v) is 4.13. The molecule has 62 valence electrons. The molecule has 1 nitrogen and oxygen atoms in total. The molecule has 0 radical (unpaired) electrons. The Kier molecular flexibility index (Phi) is 1.39. The second kappa shape index (κ2) is 2.20. The Bertz CT molecular complexity index is 348. The molecule has 0 amide bonds. The van der Waals surface area contributed by atoms with E-state index in [1.54, 1.807) is 0 Å². The monoisotopic (exact) mass is 160 g/mol. The van der Waals surface area contributed by atoms with Gasteiger partial charge in [0.25, 0.3) is 0 Å². The standard InChI is InChI=1S/C11H12O/c1-8-7-11(2,12)10-6-4-3-5-9(8)10/h3-7,12H,1-2H3. The molecule has 1 N–H and O–H groups in total. The SMILES string of the molecule is CC1=CC(C)(O)c2ccccc21. The molecule has 2 rings (SSSR count). The first-order valence-electron chi connectivity index (χ1n) is 4.13. The molecule has 0 spiro atoms. The Morgan fingerprint density at radius 3 is 2.58 bits per heavy atom. The highest BCUT2D eigenvalue weighted by Crippen LogP contribution is 2.37. The Morgan fingerprint density at radius 2 is 1.92 bits per heavy atom. The molecule has 1 aromatic carbocycles. The molecule has 1 aromatic rings. The molecular weight excluding hydrogens is 148 g/mol.